The molecule has 1 aliphatic rings. The standard InChI is InChI=1S/C18H16ClN3O4/c1-11(23)21-8-2-3-12-4-6-14(10-16(12)21)20-18(24)13-5-7-15(19)17(9-13)22(25)26/h4-7,9-10H,2-3,8H2,1H3,(H,20,24). The predicted octanol–water partition coefficient (Wildman–Crippen LogP) is 3.80. The van der Waals surface area contributed by atoms with Gasteiger partial charge in [0.15, 0.2) is 0 Å². The molecule has 2 aromatic carbocycles. The number of nitro groups is 1. The van der Waals surface area contributed by atoms with Gasteiger partial charge in [-0.15, -0.1) is 0 Å². The third kappa shape index (κ3) is 3.52. The fourth-order valence-corrected chi connectivity index (χ4v) is 3.16. The molecule has 3 rings (SSSR count). The lowest BCUT2D eigenvalue weighted by molar-refractivity contribution is -0.384. The van der Waals surface area contributed by atoms with Crippen molar-refractivity contribution in [1.29, 1.82) is 0 Å². The van der Waals surface area contributed by atoms with Gasteiger partial charge in [-0.3, -0.25) is 19.7 Å². The van der Waals surface area contributed by atoms with E-state index in [0.29, 0.717) is 12.2 Å². The zero-order valence-corrected chi connectivity index (χ0v) is 14.7. The molecule has 1 heterocycles. The number of fused-ring (bicyclic) bond motifs is 1. The highest BCUT2D eigenvalue weighted by atomic mass is 35.5. The summed E-state index contributed by atoms with van der Waals surface area (Å²) in [5.74, 6) is -0.544. The first-order valence-electron chi connectivity index (χ1n) is 8.03. The second kappa shape index (κ2) is 7.13. The highest BCUT2D eigenvalue weighted by molar-refractivity contribution is 6.32. The van der Waals surface area contributed by atoms with Crippen LogP contribution in [0.3, 0.4) is 0 Å². The van der Waals surface area contributed by atoms with Crippen LogP contribution in [0.4, 0.5) is 17.1 Å². The number of hydrogen-bond donors (Lipinski definition) is 1. The van der Waals surface area contributed by atoms with Crippen LogP contribution in [0.25, 0.3) is 0 Å². The molecule has 26 heavy (non-hydrogen) atoms. The molecule has 1 N–H and O–H groups in total. The molecule has 0 aromatic heterocycles. The lowest BCUT2D eigenvalue weighted by Gasteiger charge is -2.29. The number of rotatable bonds is 3. The van der Waals surface area contributed by atoms with Crippen LogP contribution in [0.5, 0.6) is 0 Å². The van der Waals surface area contributed by atoms with E-state index in [1.54, 1.807) is 17.0 Å². The van der Waals surface area contributed by atoms with Crippen LogP contribution in [0.1, 0.15) is 29.3 Å². The van der Waals surface area contributed by atoms with Crippen LogP contribution in [0.15, 0.2) is 36.4 Å². The molecule has 7 nitrogen and oxygen atoms in total. The second-order valence-corrected chi connectivity index (χ2v) is 6.40. The Kier molecular flexibility index (Phi) is 4.90. The average Bonchev–Trinajstić information content (AvgIpc) is 2.61. The van der Waals surface area contributed by atoms with Crippen molar-refractivity contribution >= 4 is 40.5 Å². The van der Waals surface area contributed by atoms with Gasteiger partial charge >= 0.3 is 0 Å². The summed E-state index contributed by atoms with van der Waals surface area (Å²) >= 11 is 5.77. The number of hydrogen-bond acceptors (Lipinski definition) is 4. The number of carbonyl (C=O) groups excluding carboxylic acids is 2. The van der Waals surface area contributed by atoms with Crippen LogP contribution in [0.2, 0.25) is 5.02 Å². The molecule has 1 aliphatic heterocycles. The summed E-state index contributed by atoms with van der Waals surface area (Å²) in [4.78, 5) is 36.3. The summed E-state index contributed by atoms with van der Waals surface area (Å²) in [5.41, 5.74) is 2.14. The topological polar surface area (TPSA) is 92.6 Å². The van der Waals surface area contributed by atoms with Crippen LogP contribution in [0, 0.1) is 10.1 Å². The minimum Gasteiger partial charge on any atom is -0.322 e. The number of carbonyl (C=O) groups is 2. The first-order valence-corrected chi connectivity index (χ1v) is 8.41. The summed E-state index contributed by atoms with van der Waals surface area (Å²) < 4.78 is 0. The van der Waals surface area contributed by atoms with Crippen molar-refractivity contribution in [2.45, 2.75) is 19.8 Å². The van der Waals surface area contributed by atoms with Crippen molar-refractivity contribution < 1.29 is 14.5 Å². The van der Waals surface area contributed by atoms with Gasteiger partial charge in [0.25, 0.3) is 11.6 Å². The quantitative estimate of drug-likeness (QED) is 0.654. The van der Waals surface area contributed by atoms with Crippen molar-refractivity contribution in [2.24, 2.45) is 0 Å². The van der Waals surface area contributed by atoms with Crippen LogP contribution >= 0.6 is 11.6 Å². The van der Waals surface area contributed by atoms with Crippen molar-refractivity contribution in [2.75, 3.05) is 16.8 Å². The van der Waals surface area contributed by atoms with E-state index in [2.05, 4.69) is 5.32 Å². The van der Waals surface area contributed by atoms with E-state index in [4.69, 9.17) is 11.6 Å². The van der Waals surface area contributed by atoms with Crippen molar-refractivity contribution in [3.63, 3.8) is 0 Å². The molecule has 0 fully saturated rings. The lowest BCUT2D eigenvalue weighted by atomic mass is 10.0. The zero-order chi connectivity index (χ0) is 18.8. The van der Waals surface area contributed by atoms with Crippen molar-refractivity contribution in [3.8, 4) is 0 Å². The molecular formula is C18H16ClN3O4. The number of anilines is 2. The first kappa shape index (κ1) is 17.9. The molecule has 0 spiro atoms. The van der Waals surface area contributed by atoms with Crippen LogP contribution < -0.4 is 10.2 Å². The molecule has 0 aliphatic carbocycles. The highest BCUT2D eigenvalue weighted by Gasteiger charge is 2.21. The summed E-state index contributed by atoms with van der Waals surface area (Å²) in [5, 5.41) is 13.6. The van der Waals surface area contributed by atoms with E-state index in [-0.39, 0.29) is 22.2 Å². The number of aryl methyl sites for hydroxylation is 1. The number of benzene rings is 2. The third-order valence-electron chi connectivity index (χ3n) is 4.25. The maximum Gasteiger partial charge on any atom is 0.288 e. The Morgan fingerprint density at radius 2 is 2.00 bits per heavy atom. The Morgan fingerprint density at radius 1 is 1.23 bits per heavy atom. The number of halogens is 1. The molecule has 2 aromatic rings. The smallest absolute Gasteiger partial charge is 0.288 e. The van der Waals surface area contributed by atoms with E-state index in [0.717, 1.165) is 30.2 Å². The summed E-state index contributed by atoms with van der Waals surface area (Å²) in [7, 11) is 0. The molecule has 2 amide bonds. The summed E-state index contributed by atoms with van der Waals surface area (Å²) in [6, 6.07) is 9.26. The highest BCUT2D eigenvalue weighted by Crippen LogP contribution is 2.31. The Balaban J connectivity index is 1.87. The van der Waals surface area contributed by atoms with Gasteiger partial charge in [-0.2, -0.15) is 0 Å². The number of nitrogens with one attached hydrogen (secondary N) is 1. The van der Waals surface area contributed by atoms with Gasteiger partial charge in [-0.05, 0) is 42.7 Å². The van der Waals surface area contributed by atoms with Crippen LogP contribution in [-0.2, 0) is 11.2 Å². The fraction of sp³-hybridized carbons (Fsp3) is 0.222. The molecular weight excluding hydrogens is 358 g/mol. The van der Waals surface area contributed by atoms with Gasteiger partial charge in [-0.1, -0.05) is 17.7 Å². The Labute approximate surface area is 154 Å². The number of nitro benzene ring substituents is 1. The number of nitrogens with zero attached hydrogens (tertiary/aromatic N) is 2. The molecule has 0 saturated heterocycles. The lowest BCUT2D eigenvalue weighted by Crippen LogP contribution is -2.33. The minimum absolute atomic E-state index is 0.0302. The average molecular weight is 374 g/mol. The van der Waals surface area contributed by atoms with Gasteiger partial charge in [0.2, 0.25) is 5.91 Å². The minimum atomic E-state index is -0.636. The monoisotopic (exact) mass is 373 g/mol. The molecule has 8 heteroatoms. The SMILES string of the molecule is CC(=O)N1CCCc2ccc(NC(=O)c3ccc(Cl)c([N+](=O)[O-])c3)cc21. The molecule has 0 unspecified atom stereocenters. The van der Waals surface area contributed by atoms with E-state index in [1.165, 1.54) is 19.1 Å². The predicted molar refractivity (Wildman–Crippen MR) is 98.8 cm³/mol. The molecule has 134 valence electrons. The van der Waals surface area contributed by atoms with E-state index < -0.39 is 10.8 Å². The molecule has 0 bridgehead atoms. The summed E-state index contributed by atoms with van der Waals surface area (Å²) in [6.45, 7) is 2.15. The number of amides is 2. The Hall–Kier alpha value is -2.93. The zero-order valence-electron chi connectivity index (χ0n) is 14.0. The van der Waals surface area contributed by atoms with Gasteiger partial charge in [-0.25, -0.2) is 0 Å². The third-order valence-corrected chi connectivity index (χ3v) is 4.57. The van der Waals surface area contributed by atoms with Crippen molar-refractivity contribution in [1.82, 2.24) is 0 Å². The maximum absolute atomic E-state index is 12.4. The van der Waals surface area contributed by atoms with Gasteiger partial charge in [0, 0.05) is 36.5 Å². The molecule has 0 saturated carbocycles. The molecule has 0 atom stereocenters. The van der Waals surface area contributed by atoms with Gasteiger partial charge < -0.3 is 10.2 Å². The van der Waals surface area contributed by atoms with Crippen LogP contribution in [-0.4, -0.2) is 23.3 Å². The summed E-state index contributed by atoms with van der Waals surface area (Å²) in [6.07, 6.45) is 1.77. The first-order chi connectivity index (χ1) is 12.4. The fourth-order valence-electron chi connectivity index (χ4n) is 2.98. The second-order valence-electron chi connectivity index (χ2n) is 6.00. The van der Waals surface area contributed by atoms with Gasteiger partial charge in [0.1, 0.15) is 5.02 Å². The van der Waals surface area contributed by atoms with Crippen molar-refractivity contribution in [3.05, 3.63) is 62.7 Å². The Bertz CT molecular complexity index is 913. The molecule has 0 radical (unpaired) electrons. The Morgan fingerprint density at radius 3 is 2.69 bits per heavy atom. The van der Waals surface area contributed by atoms with E-state index in [1.807, 2.05) is 6.07 Å². The van der Waals surface area contributed by atoms with Gasteiger partial charge in [0.05, 0.1) is 4.92 Å². The maximum atomic E-state index is 12.4. The largest absolute Gasteiger partial charge is 0.322 e. The van der Waals surface area contributed by atoms with E-state index >= 15 is 0 Å². The van der Waals surface area contributed by atoms with E-state index in [9.17, 15) is 19.7 Å². The normalized spacial score (nSPS) is 13.1.